The van der Waals surface area contributed by atoms with E-state index in [2.05, 4.69) is 28.5 Å². The van der Waals surface area contributed by atoms with Crippen molar-refractivity contribution in [1.29, 1.82) is 0 Å². The molecule has 1 saturated heterocycles. The van der Waals surface area contributed by atoms with Crippen molar-refractivity contribution in [3.05, 3.63) is 82.5 Å². The highest BCUT2D eigenvalue weighted by Crippen LogP contribution is 2.26. The summed E-state index contributed by atoms with van der Waals surface area (Å²) in [5.74, 6) is -3.10. The zero-order chi connectivity index (χ0) is 25.5. The molecular weight excluding hydrogens is 448 g/mol. The Kier molecular flexibility index (Phi) is 8.43. The molecule has 184 valence electrons. The van der Waals surface area contributed by atoms with Crippen LogP contribution in [0.2, 0.25) is 0 Å². The smallest absolute Gasteiger partial charge is 0.337 e. The molecule has 8 nitrogen and oxygen atoms in total. The number of aromatic nitrogens is 1. The van der Waals surface area contributed by atoms with E-state index >= 15 is 0 Å². The third kappa shape index (κ3) is 6.58. The molecule has 1 aromatic heterocycles. The van der Waals surface area contributed by atoms with Crippen LogP contribution in [0.5, 0.6) is 0 Å². The number of likely N-dealkylation sites (tertiary alicyclic amines) is 1. The average Bonchev–Trinajstić information content (AvgIpc) is 3.48. The average molecular weight is 479 g/mol. The van der Waals surface area contributed by atoms with Gasteiger partial charge >= 0.3 is 17.9 Å². The predicted molar refractivity (Wildman–Crippen MR) is 132 cm³/mol. The highest BCUT2D eigenvalue weighted by Gasteiger charge is 2.16. The zero-order valence-electron chi connectivity index (χ0n) is 19.9. The maximum atomic E-state index is 11.3. The molecule has 1 aliphatic rings. The highest BCUT2D eigenvalue weighted by molar-refractivity contribution is 5.94. The van der Waals surface area contributed by atoms with Gasteiger partial charge in [0, 0.05) is 30.5 Å². The van der Waals surface area contributed by atoms with E-state index in [4.69, 9.17) is 10.2 Å². The minimum Gasteiger partial charge on any atom is -0.478 e. The summed E-state index contributed by atoms with van der Waals surface area (Å²) in [4.78, 5) is 34.9. The lowest BCUT2D eigenvalue weighted by Gasteiger charge is -2.17. The molecule has 3 aromatic rings. The Hall–Kier alpha value is -3.91. The summed E-state index contributed by atoms with van der Waals surface area (Å²) in [5.41, 5.74) is 4.20. The molecule has 1 aliphatic heterocycles. The molecule has 35 heavy (non-hydrogen) atoms. The van der Waals surface area contributed by atoms with Gasteiger partial charge in [0.2, 0.25) is 0 Å². The van der Waals surface area contributed by atoms with Gasteiger partial charge in [-0.2, -0.15) is 0 Å². The first-order valence-electron chi connectivity index (χ1n) is 11.5. The molecule has 0 unspecified atom stereocenters. The Morgan fingerprint density at radius 1 is 0.771 bits per heavy atom. The number of rotatable bonds is 7. The standard InChI is InChI=1S/C18H22N2O2.C9H8O4/c1-14-6-2-3-7-16(14)17-12-15(18(21)22)13-20(17)11-10-19-8-4-5-9-19;1-5-2-3-6(8(10)11)4-7(5)9(12)13/h2-3,6-7,12-13H,4-5,8-11H2,1H3,(H,21,22);2-4H,1H3,(H,10,11)(H,12,13). The Morgan fingerprint density at radius 2 is 1.43 bits per heavy atom. The molecule has 0 atom stereocenters. The maximum Gasteiger partial charge on any atom is 0.337 e. The molecule has 8 heteroatoms. The lowest BCUT2D eigenvalue weighted by molar-refractivity contribution is 0.0682. The first kappa shape index (κ1) is 25.7. The van der Waals surface area contributed by atoms with Gasteiger partial charge in [0.05, 0.1) is 16.7 Å². The minimum absolute atomic E-state index is 0.0111. The summed E-state index contributed by atoms with van der Waals surface area (Å²) < 4.78 is 2.09. The lowest BCUT2D eigenvalue weighted by Crippen LogP contribution is -2.24. The molecule has 0 spiro atoms. The van der Waals surface area contributed by atoms with Gasteiger partial charge in [-0.05, 0) is 69.1 Å². The van der Waals surface area contributed by atoms with E-state index in [0.29, 0.717) is 11.1 Å². The second kappa shape index (κ2) is 11.5. The number of carbonyl (C=O) groups is 3. The summed E-state index contributed by atoms with van der Waals surface area (Å²) in [7, 11) is 0. The second-order valence-electron chi connectivity index (χ2n) is 8.62. The predicted octanol–water partition coefficient (Wildman–Crippen LogP) is 4.65. The van der Waals surface area contributed by atoms with E-state index in [1.807, 2.05) is 12.1 Å². The van der Waals surface area contributed by atoms with E-state index in [-0.39, 0.29) is 11.1 Å². The van der Waals surface area contributed by atoms with Crippen molar-refractivity contribution < 1.29 is 29.7 Å². The van der Waals surface area contributed by atoms with Gasteiger partial charge in [-0.25, -0.2) is 14.4 Å². The van der Waals surface area contributed by atoms with Gasteiger partial charge in [-0.1, -0.05) is 30.3 Å². The van der Waals surface area contributed by atoms with Gasteiger partial charge < -0.3 is 24.8 Å². The molecule has 0 radical (unpaired) electrons. The van der Waals surface area contributed by atoms with Crippen molar-refractivity contribution in [1.82, 2.24) is 9.47 Å². The molecule has 4 rings (SSSR count). The monoisotopic (exact) mass is 478 g/mol. The van der Waals surface area contributed by atoms with Crippen LogP contribution in [0.1, 0.15) is 55.0 Å². The first-order chi connectivity index (χ1) is 16.7. The van der Waals surface area contributed by atoms with Crippen LogP contribution in [0.3, 0.4) is 0 Å². The molecule has 1 fully saturated rings. The van der Waals surface area contributed by atoms with Crippen molar-refractivity contribution in [2.75, 3.05) is 19.6 Å². The second-order valence-corrected chi connectivity index (χ2v) is 8.62. The third-order valence-electron chi connectivity index (χ3n) is 6.14. The number of benzene rings is 2. The van der Waals surface area contributed by atoms with E-state index in [1.54, 1.807) is 19.2 Å². The maximum absolute atomic E-state index is 11.3. The summed E-state index contributed by atoms with van der Waals surface area (Å²) in [6.07, 6.45) is 4.31. The summed E-state index contributed by atoms with van der Waals surface area (Å²) in [5, 5.41) is 26.6. The molecule has 2 heterocycles. The summed E-state index contributed by atoms with van der Waals surface area (Å²) in [6, 6.07) is 13.9. The molecule has 0 amide bonds. The van der Waals surface area contributed by atoms with Gasteiger partial charge in [0.25, 0.3) is 0 Å². The lowest BCUT2D eigenvalue weighted by atomic mass is 10.1. The zero-order valence-corrected chi connectivity index (χ0v) is 19.9. The number of nitrogens with zero attached hydrogens (tertiary/aromatic N) is 2. The molecule has 0 saturated carbocycles. The van der Waals surface area contributed by atoms with Crippen LogP contribution in [-0.4, -0.2) is 62.3 Å². The minimum atomic E-state index is -1.12. The van der Waals surface area contributed by atoms with Crippen LogP contribution in [-0.2, 0) is 6.54 Å². The van der Waals surface area contributed by atoms with E-state index < -0.39 is 17.9 Å². The van der Waals surface area contributed by atoms with Crippen LogP contribution in [0, 0.1) is 13.8 Å². The topological polar surface area (TPSA) is 120 Å². The van der Waals surface area contributed by atoms with Gasteiger partial charge in [-0.3, -0.25) is 0 Å². The fourth-order valence-corrected chi connectivity index (χ4v) is 4.14. The van der Waals surface area contributed by atoms with Crippen LogP contribution < -0.4 is 0 Å². The number of aromatic carboxylic acids is 3. The normalized spacial score (nSPS) is 13.2. The molecular formula is C27H30N2O6. The first-order valence-corrected chi connectivity index (χ1v) is 11.5. The van der Waals surface area contributed by atoms with Crippen molar-refractivity contribution in [2.24, 2.45) is 0 Å². The van der Waals surface area contributed by atoms with Gasteiger partial charge in [-0.15, -0.1) is 0 Å². The number of hydrogen-bond donors (Lipinski definition) is 3. The van der Waals surface area contributed by atoms with Crippen LogP contribution in [0.15, 0.2) is 54.7 Å². The summed E-state index contributed by atoms with van der Waals surface area (Å²) >= 11 is 0. The Morgan fingerprint density at radius 3 is 2.03 bits per heavy atom. The van der Waals surface area contributed by atoms with Crippen molar-refractivity contribution >= 4 is 17.9 Å². The van der Waals surface area contributed by atoms with Crippen molar-refractivity contribution in [2.45, 2.75) is 33.2 Å². The Bertz CT molecular complexity index is 1220. The molecule has 0 aliphatic carbocycles. The molecule has 0 bridgehead atoms. The largest absolute Gasteiger partial charge is 0.478 e. The van der Waals surface area contributed by atoms with Crippen LogP contribution >= 0.6 is 0 Å². The van der Waals surface area contributed by atoms with Crippen LogP contribution in [0.4, 0.5) is 0 Å². The van der Waals surface area contributed by atoms with Crippen molar-refractivity contribution in [3.63, 3.8) is 0 Å². The fraction of sp³-hybridized carbons (Fsp3) is 0.296. The number of hydrogen-bond acceptors (Lipinski definition) is 4. The highest BCUT2D eigenvalue weighted by atomic mass is 16.4. The number of aryl methyl sites for hydroxylation is 2. The van der Waals surface area contributed by atoms with Gasteiger partial charge in [0.1, 0.15) is 0 Å². The van der Waals surface area contributed by atoms with E-state index in [1.165, 1.54) is 30.5 Å². The quantitative estimate of drug-likeness (QED) is 0.452. The third-order valence-corrected chi connectivity index (χ3v) is 6.14. The number of carboxylic acids is 3. The van der Waals surface area contributed by atoms with Crippen molar-refractivity contribution in [3.8, 4) is 11.3 Å². The molecule has 2 aromatic carbocycles. The summed E-state index contributed by atoms with van der Waals surface area (Å²) in [6.45, 7) is 7.81. The van der Waals surface area contributed by atoms with Gasteiger partial charge in [0.15, 0.2) is 0 Å². The van der Waals surface area contributed by atoms with E-state index in [0.717, 1.165) is 43.5 Å². The van der Waals surface area contributed by atoms with E-state index in [9.17, 15) is 19.5 Å². The fourth-order valence-electron chi connectivity index (χ4n) is 4.14. The number of carboxylic acid groups (broad SMARTS) is 3. The van der Waals surface area contributed by atoms with Crippen LogP contribution in [0.25, 0.3) is 11.3 Å². The SMILES string of the molecule is Cc1ccc(C(=O)O)cc1C(=O)O.Cc1ccccc1-c1cc(C(=O)O)cn1CCN1CCCC1. The Labute approximate surface area is 204 Å². The molecule has 3 N–H and O–H groups in total. The Balaban J connectivity index is 0.000000225.